The van der Waals surface area contributed by atoms with Crippen molar-refractivity contribution in [2.45, 2.75) is 30.8 Å². The van der Waals surface area contributed by atoms with Gasteiger partial charge in [-0.1, -0.05) is 37.6 Å². The SMILES string of the molecule is CCCc1ccc(C(=O)NCC(O)c2ccc(SC)cc2)cc1. The first kappa shape index (κ1) is 17.6. The summed E-state index contributed by atoms with van der Waals surface area (Å²) < 4.78 is 0. The summed E-state index contributed by atoms with van der Waals surface area (Å²) in [7, 11) is 0. The van der Waals surface area contributed by atoms with Crippen LogP contribution in [0.5, 0.6) is 0 Å². The second-order valence-electron chi connectivity index (χ2n) is 5.45. The summed E-state index contributed by atoms with van der Waals surface area (Å²) in [4.78, 5) is 13.3. The standard InChI is InChI=1S/C19H23NO2S/c1-3-4-14-5-7-16(8-6-14)19(22)20-13-18(21)15-9-11-17(23-2)12-10-15/h5-12,18,21H,3-4,13H2,1-2H3,(H,20,22). The summed E-state index contributed by atoms with van der Waals surface area (Å²) in [5, 5.41) is 13.0. The number of hydrogen-bond acceptors (Lipinski definition) is 3. The first-order chi connectivity index (χ1) is 11.1. The lowest BCUT2D eigenvalue weighted by molar-refractivity contribution is 0.0916. The van der Waals surface area contributed by atoms with E-state index in [1.54, 1.807) is 11.8 Å². The van der Waals surface area contributed by atoms with Gasteiger partial charge in [-0.15, -0.1) is 11.8 Å². The van der Waals surface area contributed by atoms with Gasteiger partial charge in [0.2, 0.25) is 0 Å². The van der Waals surface area contributed by atoms with Gasteiger partial charge in [0.1, 0.15) is 0 Å². The lowest BCUT2D eigenvalue weighted by atomic mass is 10.1. The van der Waals surface area contributed by atoms with E-state index in [0.29, 0.717) is 5.56 Å². The molecule has 1 unspecified atom stereocenters. The fourth-order valence-electron chi connectivity index (χ4n) is 2.35. The van der Waals surface area contributed by atoms with E-state index in [2.05, 4.69) is 12.2 Å². The van der Waals surface area contributed by atoms with Crippen LogP contribution in [0.1, 0.15) is 40.9 Å². The first-order valence-corrected chi connectivity index (χ1v) is 9.05. The molecule has 0 heterocycles. The van der Waals surface area contributed by atoms with Crippen LogP contribution in [0, 0.1) is 0 Å². The summed E-state index contributed by atoms with van der Waals surface area (Å²) >= 11 is 1.66. The molecule has 23 heavy (non-hydrogen) atoms. The van der Waals surface area contributed by atoms with Gasteiger partial charge in [-0.05, 0) is 48.1 Å². The fourth-order valence-corrected chi connectivity index (χ4v) is 2.76. The van der Waals surface area contributed by atoms with E-state index in [-0.39, 0.29) is 12.5 Å². The van der Waals surface area contributed by atoms with Gasteiger partial charge in [-0.2, -0.15) is 0 Å². The Hall–Kier alpha value is -1.78. The Labute approximate surface area is 142 Å². The summed E-state index contributed by atoms with van der Waals surface area (Å²) in [6.07, 6.45) is 3.42. The molecule has 4 heteroatoms. The van der Waals surface area contributed by atoms with Crippen molar-refractivity contribution in [3.05, 3.63) is 65.2 Å². The molecular weight excluding hydrogens is 306 g/mol. The molecule has 0 fully saturated rings. The molecule has 0 radical (unpaired) electrons. The van der Waals surface area contributed by atoms with Crippen LogP contribution in [0.25, 0.3) is 0 Å². The number of carbonyl (C=O) groups is 1. The van der Waals surface area contributed by atoms with Crippen molar-refractivity contribution in [3.63, 3.8) is 0 Å². The number of aryl methyl sites for hydroxylation is 1. The Morgan fingerprint density at radius 1 is 1.13 bits per heavy atom. The second kappa shape index (κ2) is 8.75. The lowest BCUT2D eigenvalue weighted by Gasteiger charge is -2.13. The van der Waals surface area contributed by atoms with Crippen LogP contribution in [0.15, 0.2) is 53.4 Å². The zero-order chi connectivity index (χ0) is 16.7. The van der Waals surface area contributed by atoms with E-state index in [0.717, 1.165) is 23.3 Å². The van der Waals surface area contributed by atoms with Crippen molar-refractivity contribution >= 4 is 17.7 Å². The third-order valence-corrected chi connectivity index (χ3v) is 4.45. The monoisotopic (exact) mass is 329 g/mol. The first-order valence-electron chi connectivity index (χ1n) is 7.83. The molecule has 1 atom stereocenters. The number of benzene rings is 2. The summed E-state index contributed by atoms with van der Waals surface area (Å²) in [5.74, 6) is -0.159. The number of rotatable bonds is 7. The highest BCUT2D eigenvalue weighted by atomic mass is 32.2. The average Bonchev–Trinajstić information content (AvgIpc) is 2.60. The second-order valence-corrected chi connectivity index (χ2v) is 6.33. The van der Waals surface area contributed by atoms with Gasteiger partial charge in [0.05, 0.1) is 6.10 Å². The number of thioether (sulfide) groups is 1. The molecule has 0 aliphatic carbocycles. The highest BCUT2D eigenvalue weighted by Crippen LogP contribution is 2.18. The summed E-state index contributed by atoms with van der Waals surface area (Å²) in [6, 6.07) is 15.4. The van der Waals surface area contributed by atoms with Gasteiger partial charge < -0.3 is 10.4 Å². The third kappa shape index (κ3) is 5.12. The molecule has 0 aliphatic heterocycles. The molecule has 2 N–H and O–H groups in total. The lowest BCUT2D eigenvalue weighted by Crippen LogP contribution is -2.28. The fraction of sp³-hybridized carbons (Fsp3) is 0.316. The quantitative estimate of drug-likeness (QED) is 0.759. The molecule has 0 bridgehead atoms. The Balaban J connectivity index is 1.89. The highest BCUT2D eigenvalue weighted by Gasteiger charge is 2.11. The largest absolute Gasteiger partial charge is 0.387 e. The van der Waals surface area contributed by atoms with Gasteiger partial charge in [0, 0.05) is 17.0 Å². The van der Waals surface area contributed by atoms with Crippen LogP contribution in [0.4, 0.5) is 0 Å². The maximum atomic E-state index is 12.1. The van der Waals surface area contributed by atoms with Crippen LogP contribution in [-0.2, 0) is 6.42 Å². The minimum Gasteiger partial charge on any atom is -0.387 e. The van der Waals surface area contributed by atoms with Crippen molar-refractivity contribution in [1.82, 2.24) is 5.32 Å². The summed E-state index contributed by atoms with van der Waals surface area (Å²) in [6.45, 7) is 2.34. The molecule has 122 valence electrons. The zero-order valence-electron chi connectivity index (χ0n) is 13.6. The summed E-state index contributed by atoms with van der Waals surface area (Å²) in [5.41, 5.74) is 2.66. The minimum atomic E-state index is -0.700. The van der Waals surface area contributed by atoms with Crippen LogP contribution >= 0.6 is 11.8 Å². The Morgan fingerprint density at radius 3 is 2.35 bits per heavy atom. The van der Waals surface area contributed by atoms with Gasteiger partial charge in [0.15, 0.2) is 0 Å². The smallest absolute Gasteiger partial charge is 0.251 e. The number of aliphatic hydroxyl groups excluding tert-OH is 1. The normalized spacial score (nSPS) is 12.0. The van der Waals surface area contributed by atoms with Gasteiger partial charge in [-0.3, -0.25) is 4.79 Å². The third-order valence-electron chi connectivity index (χ3n) is 3.71. The van der Waals surface area contributed by atoms with Crippen molar-refractivity contribution in [2.75, 3.05) is 12.8 Å². The molecule has 0 aliphatic rings. The highest BCUT2D eigenvalue weighted by molar-refractivity contribution is 7.98. The van der Waals surface area contributed by atoms with Crippen molar-refractivity contribution < 1.29 is 9.90 Å². The van der Waals surface area contributed by atoms with E-state index in [1.807, 2.05) is 54.8 Å². The van der Waals surface area contributed by atoms with Crippen molar-refractivity contribution in [1.29, 1.82) is 0 Å². The van der Waals surface area contributed by atoms with E-state index < -0.39 is 6.10 Å². The Kier molecular flexibility index (Phi) is 6.68. The van der Waals surface area contributed by atoms with Gasteiger partial charge >= 0.3 is 0 Å². The maximum absolute atomic E-state index is 12.1. The topological polar surface area (TPSA) is 49.3 Å². The maximum Gasteiger partial charge on any atom is 0.251 e. The molecule has 2 rings (SSSR count). The molecule has 0 aromatic heterocycles. The van der Waals surface area contributed by atoms with Gasteiger partial charge in [-0.25, -0.2) is 0 Å². The van der Waals surface area contributed by atoms with E-state index in [9.17, 15) is 9.90 Å². The van der Waals surface area contributed by atoms with E-state index in [1.165, 1.54) is 5.56 Å². The molecule has 0 saturated carbocycles. The van der Waals surface area contributed by atoms with Gasteiger partial charge in [0.25, 0.3) is 5.91 Å². The molecule has 1 amide bonds. The van der Waals surface area contributed by atoms with Crippen LogP contribution < -0.4 is 5.32 Å². The molecule has 0 spiro atoms. The molecular formula is C19H23NO2S. The van der Waals surface area contributed by atoms with Crippen molar-refractivity contribution in [3.8, 4) is 0 Å². The Bertz CT molecular complexity index is 623. The predicted molar refractivity (Wildman–Crippen MR) is 96.0 cm³/mol. The van der Waals surface area contributed by atoms with Crippen LogP contribution in [0.3, 0.4) is 0 Å². The molecule has 0 saturated heterocycles. The van der Waals surface area contributed by atoms with Crippen LogP contribution in [0.2, 0.25) is 0 Å². The van der Waals surface area contributed by atoms with E-state index in [4.69, 9.17) is 0 Å². The zero-order valence-corrected chi connectivity index (χ0v) is 14.4. The number of hydrogen-bond donors (Lipinski definition) is 2. The average molecular weight is 329 g/mol. The molecule has 2 aromatic carbocycles. The number of carbonyl (C=O) groups excluding carboxylic acids is 1. The van der Waals surface area contributed by atoms with Crippen molar-refractivity contribution in [2.24, 2.45) is 0 Å². The van der Waals surface area contributed by atoms with E-state index >= 15 is 0 Å². The predicted octanol–water partition coefficient (Wildman–Crippen LogP) is 3.82. The van der Waals surface area contributed by atoms with Crippen LogP contribution in [-0.4, -0.2) is 23.8 Å². The number of aliphatic hydroxyl groups is 1. The minimum absolute atomic E-state index is 0.159. The molecule has 3 nitrogen and oxygen atoms in total. The number of nitrogens with one attached hydrogen (secondary N) is 1. The molecule has 2 aromatic rings. The Morgan fingerprint density at radius 2 is 1.78 bits per heavy atom. The number of amides is 1.